The van der Waals surface area contributed by atoms with Gasteiger partial charge in [-0.05, 0) is 133 Å². The molecule has 0 fully saturated rings. The molecule has 2 aromatic heterocycles. The van der Waals surface area contributed by atoms with Crippen LogP contribution < -0.4 is 14.5 Å². The molecule has 1 aliphatic heterocycles. The number of aromatic nitrogens is 2. The van der Waals surface area contributed by atoms with Crippen LogP contribution in [0.3, 0.4) is 0 Å². The lowest BCUT2D eigenvalue weighted by Gasteiger charge is -2.42. The summed E-state index contributed by atoms with van der Waals surface area (Å²) in [4.78, 5) is 9.94. The number of ether oxygens (including phenoxy) is 1. The topological polar surface area (TPSA) is 33.5 Å². The molecule has 0 saturated heterocycles. The molecule has 0 radical (unpaired) electrons. The second-order valence-corrected chi connectivity index (χ2v) is 25.3. The highest BCUT2D eigenvalue weighted by Crippen LogP contribution is 2.53. The fraction of sp³-hybridized carbons (Fsp3) is 0.309. The van der Waals surface area contributed by atoms with Gasteiger partial charge in [0.1, 0.15) is 24.0 Å². The third-order valence-electron chi connectivity index (χ3n) is 16.1. The average Bonchev–Trinajstić information content (AvgIpc) is 3.90. The van der Waals surface area contributed by atoms with E-state index >= 15 is 0 Å². The maximum atomic E-state index is 6.89. The molecule has 0 spiro atoms. The molecule has 3 heterocycles. The molecule has 73 heavy (non-hydrogen) atoms. The van der Waals surface area contributed by atoms with Crippen molar-refractivity contribution in [2.75, 3.05) is 16.5 Å². The van der Waals surface area contributed by atoms with E-state index in [1.165, 1.54) is 79.7 Å². The molecule has 2 aliphatic rings. The van der Waals surface area contributed by atoms with Gasteiger partial charge in [-0.15, -0.1) is 0 Å². The van der Waals surface area contributed by atoms with Crippen LogP contribution in [0, 0.1) is 0 Å². The van der Waals surface area contributed by atoms with Crippen LogP contribution in [0.1, 0.15) is 131 Å². The summed E-state index contributed by atoms with van der Waals surface area (Å²) in [6.45, 7) is 31.1. The standard InChI is InChI=1S/C68H72N4O/c1-64(2,3)45-29-31-51(56(39-45)66(7,8)9)54-24-19-23-50(44-28-33-55-57(38-44)68(12,13)36-35-67(55,10)11)63(54)71-43-70(59-26-16-17-27-60(59)71)47-20-18-21-48(41-47)73-49-30-32-53-52-22-14-15-25-58(52)72(61(53)42-49)62-40-46(34-37-69-62)65(4,5)6/h14-34,37-42H,35-36,43H2,1-13H3. The fourth-order valence-electron chi connectivity index (χ4n) is 11.7. The van der Waals surface area contributed by atoms with Crippen LogP contribution >= 0.6 is 0 Å². The monoisotopic (exact) mass is 961 g/mol. The van der Waals surface area contributed by atoms with Crippen LogP contribution in [-0.2, 0) is 27.1 Å². The van der Waals surface area contributed by atoms with Crippen molar-refractivity contribution in [1.82, 2.24) is 9.55 Å². The highest BCUT2D eigenvalue weighted by Gasteiger charge is 2.38. The van der Waals surface area contributed by atoms with Crippen LogP contribution in [0.15, 0.2) is 164 Å². The van der Waals surface area contributed by atoms with Gasteiger partial charge in [0.2, 0.25) is 0 Å². The van der Waals surface area contributed by atoms with Crippen molar-refractivity contribution in [2.24, 2.45) is 0 Å². The number of anilines is 4. The van der Waals surface area contributed by atoms with Gasteiger partial charge < -0.3 is 14.5 Å². The number of fused-ring (bicyclic) bond motifs is 5. The molecule has 1 aliphatic carbocycles. The second kappa shape index (κ2) is 17.3. The Hall–Kier alpha value is -7.11. The maximum Gasteiger partial charge on any atom is 0.137 e. The zero-order valence-corrected chi connectivity index (χ0v) is 45.4. The van der Waals surface area contributed by atoms with Gasteiger partial charge in [0, 0.05) is 45.9 Å². The zero-order valence-electron chi connectivity index (χ0n) is 45.4. The first-order chi connectivity index (χ1) is 34.6. The summed E-state index contributed by atoms with van der Waals surface area (Å²) in [6, 6.07) is 58.5. The Morgan fingerprint density at radius 1 is 0.479 bits per heavy atom. The molecule has 0 atom stereocenters. The lowest BCUT2D eigenvalue weighted by atomic mass is 9.63. The van der Waals surface area contributed by atoms with Crippen molar-refractivity contribution >= 4 is 44.6 Å². The number of nitrogens with zero attached hydrogens (tertiary/aromatic N) is 4. The van der Waals surface area contributed by atoms with Crippen molar-refractivity contribution in [1.29, 1.82) is 0 Å². The molecule has 0 saturated carbocycles. The van der Waals surface area contributed by atoms with E-state index in [1.54, 1.807) is 0 Å². The molecule has 5 nitrogen and oxygen atoms in total. The zero-order chi connectivity index (χ0) is 51.4. The first-order valence-corrected chi connectivity index (χ1v) is 26.4. The summed E-state index contributed by atoms with van der Waals surface area (Å²) in [6.07, 6.45) is 4.28. The smallest absolute Gasteiger partial charge is 0.137 e. The minimum Gasteiger partial charge on any atom is -0.457 e. The molecule has 11 rings (SSSR count). The lowest BCUT2D eigenvalue weighted by molar-refractivity contribution is 0.332. The van der Waals surface area contributed by atoms with E-state index < -0.39 is 0 Å². The van der Waals surface area contributed by atoms with Gasteiger partial charge in [0.25, 0.3) is 0 Å². The summed E-state index contributed by atoms with van der Waals surface area (Å²) >= 11 is 0. The first kappa shape index (κ1) is 48.2. The minimum atomic E-state index is -0.101. The number of hydrogen-bond donors (Lipinski definition) is 0. The predicted molar refractivity (Wildman–Crippen MR) is 309 cm³/mol. The number of para-hydroxylation sites is 4. The van der Waals surface area contributed by atoms with Crippen LogP contribution in [-0.4, -0.2) is 16.2 Å². The average molecular weight is 961 g/mol. The molecule has 5 heteroatoms. The highest BCUT2D eigenvalue weighted by molar-refractivity contribution is 6.09. The molecule has 370 valence electrons. The van der Waals surface area contributed by atoms with Crippen LogP contribution in [0.25, 0.3) is 49.9 Å². The van der Waals surface area contributed by atoms with Crippen molar-refractivity contribution in [3.63, 3.8) is 0 Å². The lowest BCUT2D eigenvalue weighted by Crippen LogP contribution is -2.33. The molecule has 0 unspecified atom stereocenters. The normalized spacial score (nSPS) is 15.5. The Balaban J connectivity index is 1.03. The van der Waals surface area contributed by atoms with E-state index in [0.29, 0.717) is 6.67 Å². The van der Waals surface area contributed by atoms with E-state index in [1.807, 2.05) is 6.20 Å². The predicted octanol–water partition coefficient (Wildman–Crippen LogP) is 18.8. The summed E-state index contributed by atoms with van der Waals surface area (Å²) in [5.74, 6) is 2.44. The van der Waals surface area contributed by atoms with Gasteiger partial charge in [-0.25, -0.2) is 4.98 Å². The van der Waals surface area contributed by atoms with Crippen molar-refractivity contribution in [3.8, 4) is 39.6 Å². The number of pyridine rings is 1. The summed E-state index contributed by atoms with van der Waals surface area (Å²) in [7, 11) is 0. The van der Waals surface area contributed by atoms with Gasteiger partial charge in [0.05, 0.1) is 28.1 Å². The molecule has 0 amide bonds. The van der Waals surface area contributed by atoms with Crippen molar-refractivity contribution in [2.45, 2.75) is 130 Å². The summed E-state index contributed by atoms with van der Waals surface area (Å²) in [5.41, 5.74) is 18.8. The first-order valence-electron chi connectivity index (χ1n) is 26.4. The van der Waals surface area contributed by atoms with Crippen LogP contribution in [0.4, 0.5) is 22.7 Å². The van der Waals surface area contributed by atoms with Gasteiger partial charge >= 0.3 is 0 Å². The van der Waals surface area contributed by atoms with Gasteiger partial charge in [0.15, 0.2) is 0 Å². The number of hydrogen-bond acceptors (Lipinski definition) is 4. The van der Waals surface area contributed by atoms with Gasteiger partial charge in [-0.1, -0.05) is 181 Å². The van der Waals surface area contributed by atoms with E-state index in [-0.39, 0.29) is 27.1 Å². The van der Waals surface area contributed by atoms with Gasteiger partial charge in [-0.2, -0.15) is 0 Å². The highest BCUT2D eigenvalue weighted by atomic mass is 16.5. The molecule has 0 bridgehead atoms. The quantitative estimate of drug-likeness (QED) is 0.159. The second-order valence-electron chi connectivity index (χ2n) is 25.3. The number of rotatable bonds is 7. The third kappa shape index (κ3) is 8.59. The Bertz CT molecular complexity index is 3610. The fourth-order valence-corrected chi connectivity index (χ4v) is 11.7. The maximum absolute atomic E-state index is 6.89. The summed E-state index contributed by atoms with van der Waals surface area (Å²) < 4.78 is 9.16. The van der Waals surface area contributed by atoms with E-state index in [2.05, 4.69) is 262 Å². The Labute approximate surface area is 434 Å². The third-order valence-corrected chi connectivity index (χ3v) is 16.1. The van der Waals surface area contributed by atoms with E-state index in [9.17, 15) is 0 Å². The number of benzene rings is 7. The molecular weight excluding hydrogens is 889 g/mol. The SMILES string of the molecule is CC(C)(C)c1ccnc(-n2c3ccccc3c3ccc(Oc4cccc(N5CN(c6c(-c7ccc8c(c7)C(C)(C)CCC8(C)C)cccc6-c6ccc(C(C)(C)C)cc6C(C)(C)C)c6ccccc65)c4)cc32)c1. The van der Waals surface area contributed by atoms with Crippen LogP contribution in [0.2, 0.25) is 0 Å². The Morgan fingerprint density at radius 3 is 1.86 bits per heavy atom. The van der Waals surface area contributed by atoms with E-state index in [0.717, 1.165) is 45.1 Å². The van der Waals surface area contributed by atoms with Crippen molar-refractivity contribution < 1.29 is 4.74 Å². The Morgan fingerprint density at radius 2 is 1.12 bits per heavy atom. The van der Waals surface area contributed by atoms with Crippen LogP contribution in [0.5, 0.6) is 11.5 Å². The van der Waals surface area contributed by atoms with Crippen molar-refractivity contribution in [3.05, 3.63) is 192 Å². The molecule has 0 N–H and O–H groups in total. The largest absolute Gasteiger partial charge is 0.457 e. The molecular formula is C68H72N4O. The Kier molecular flexibility index (Phi) is 11.4. The van der Waals surface area contributed by atoms with Gasteiger partial charge in [-0.3, -0.25) is 4.57 Å². The molecule has 7 aromatic carbocycles. The summed E-state index contributed by atoms with van der Waals surface area (Å²) in [5, 5.41) is 2.35. The van der Waals surface area contributed by atoms with E-state index in [4.69, 9.17) is 9.72 Å². The molecule has 9 aromatic rings. The minimum absolute atomic E-state index is 0.0149.